The highest BCUT2D eigenvalue weighted by atomic mass is 16.5. The van der Waals surface area contributed by atoms with E-state index in [0.717, 1.165) is 18.4 Å². The molecule has 35 heavy (non-hydrogen) atoms. The third-order valence-corrected chi connectivity index (χ3v) is 6.37. The van der Waals surface area contributed by atoms with Gasteiger partial charge in [-0.3, -0.25) is 13.9 Å². The SMILES string of the molecule is COc1ccc(-c2nc(Cn3c(=O)n(C[C@H]4CCCO4)c(=O)c4ccccc43)c(C)o2)cc1OC. The van der Waals surface area contributed by atoms with Gasteiger partial charge in [0, 0.05) is 12.2 Å². The van der Waals surface area contributed by atoms with E-state index in [9.17, 15) is 9.59 Å². The number of para-hydroxylation sites is 1. The van der Waals surface area contributed by atoms with Crippen LogP contribution in [0.4, 0.5) is 0 Å². The lowest BCUT2D eigenvalue weighted by molar-refractivity contribution is 0.0948. The average Bonchev–Trinajstić information content (AvgIpc) is 3.53. The quantitative estimate of drug-likeness (QED) is 0.403. The lowest BCUT2D eigenvalue weighted by Crippen LogP contribution is -2.42. The van der Waals surface area contributed by atoms with Crippen molar-refractivity contribution < 1.29 is 18.6 Å². The fourth-order valence-corrected chi connectivity index (χ4v) is 4.49. The van der Waals surface area contributed by atoms with Gasteiger partial charge in [0.15, 0.2) is 11.5 Å². The van der Waals surface area contributed by atoms with Crippen molar-refractivity contribution in [1.82, 2.24) is 14.1 Å². The monoisotopic (exact) mass is 477 g/mol. The Kier molecular flexibility index (Phi) is 6.17. The second-order valence-electron chi connectivity index (χ2n) is 8.53. The predicted molar refractivity (Wildman–Crippen MR) is 130 cm³/mol. The van der Waals surface area contributed by atoms with Gasteiger partial charge in [-0.15, -0.1) is 0 Å². The van der Waals surface area contributed by atoms with Crippen molar-refractivity contribution in [3.8, 4) is 23.0 Å². The number of rotatable bonds is 7. The molecular formula is C26H27N3O6. The van der Waals surface area contributed by atoms with E-state index in [1.165, 1.54) is 4.57 Å². The highest BCUT2D eigenvalue weighted by Crippen LogP contribution is 2.32. The largest absolute Gasteiger partial charge is 0.493 e. The van der Waals surface area contributed by atoms with Crippen LogP contribution in [0.2, 0.25) is 0 Å². The molecule has 0 unspecified atom stereocenters. The molecule has 0 bridgehead atoms. The molecule has 0 N–H and O–H groups in total. The summed E-state index contributed by atoms with van der Waals surface area (Å²) in [7, 11) is 3.14. The van der Waals surface area contributed by atoms with Crippen LogP contribution in [0.5, 0.6) is 11.5 Å². The Morgan fingerprint density at radius 2 is 1.86 bits per heavy atom. The molecular weight excluding hydrogens is 450 g/mol. The fraction of sp³-hybridized carbons (Fsp3) is 0.346. The van der Waals surface area contributed by atoms with Gasteiger partial charge in [-0.25, -0.2) is 9.78 Å². The number of fused-ring (bicyclic) bond motifs is 1. The van der Waals surface area contributed by atoms with E-state index < -0.39 is 0 Å². The minimum atomic E-state index is -0.390. The van der Waals surface area contributed by atoms with Crippen molar-refractivity contribution in [3.63, 3.8) is 0 Å². The van der Waals surface area contributed by atoms with Gasteiger partial charge in [0.2, 0.25) is 5.89 Å². The summed E-state index contributed by atoms with van der Waals surface area (Å²) in [4.78, 5) is 31.3. The minimum absolute atomic E-state index is 0.138. The highest BCUT2D eigenvalue weighted by Gasteiger charge is 2.22. The van der Waals surface area contributed by atoms with Gasteiger partial charge in [0.1, 0.15) is 11.5 Å². The number of nitrogens with zero attached hydrogens (tertiary/aromatic N) is 3. The molecule has 3 heterocycles. The number of aromatic nitrogens is 3. The van der Waals surface area contributed by atoms with Gasteiger partial charge in [-0.1, -0.05) is 12.1 Å². The normalized spacial score (nSPS) is 15.6. The van der Waals surface area contributed by atoms with Crippen molar-refractivity contribution in [2.75, 3.05) is 20.8 Å². The maximum atomic E-state index is 13.5. The van der Waals surface area contributed by atoms with E-state index in [2.05, 4.69) is 4.98 Å². The van der Waals surface area contributed by atoms with E-state index in [0.29, 0.717) is 46.4 Å². The number of hydrogen-bond acceptors (Lipinski definition) is 7. The van der Waals surface area contributed by atoms with Crippen molar-refractivity contribution in [3.05, 3.63) is 74.8 Å². The topological polar surface area (TPSA) is 97.7 Å². The molecule has 1 saturated heterocycles. The Hall–Kier alpha value is -3.85. The molecule has 0 spiro atoms. The maximum Gasteiger partial charge on any atom is 0.331 e. The summed E-state index contributed by atoms with van der Waals surface area (Å²) in [6.07, 6.45) is 1.62. The van der Waals surface area contributed by atoms with Crippen LogP contribution < -0.4 is 20.7 Å². The second kappa shape index (κ2) is 9.42. The number of oxazole rings is 1. The zero-order valence-electron chi connectivity index (χ0n) is 19.9. The lowest BCUT2D eigenvalue weighted by Gasteiger charge is -2.16. The summed E-state index contributed by atoms with van der Waals surface area (Å²) in [5, 5.41) is 0.478. The van der Waals surface area contributed by atoms with E-state index in [1.54, 1.807) is 49.1 Å². The molecule has 0 saturated carbocycles. The maximum absolute atomic E-state index is 13.5. The molecule has 0 aliphatic carbocycles. The Balaban J connectivity index is 1.57. The molecule has 1 atom stereocenters. The minimum Gasteiger partial charge on any atom is -0.493 e. The first-order valence-corrected chi connectivity index (χ1v) is 11.5. The summed E-state index contributed by atoms with van der Waals surface area (Å²) in [6, 6.07) is 12.5. The van der Waals surface area contributed by atoms with Gasteiger partial charge in [-0.2, -0.15) is 0 Å². The van der Waals surface area contributed by atoms with E-state index in [1.807, 2.05) is 19.1 Å². The summed E-state index contributed by atoms with van der Waals surface area (Å²) >= 11 is 0. The number of methoxy groups -OCH3 is 2. The van der Waals surface area contributed by atoms with E-state index in [4.69, 9.17) is 18.6 Å². The molecule has 4 aromatic rings. The van der Waals surface area contributed by atoms with Crippen molar-refractivity contribution in [2.45, 2.75) is 39.0 Å². The molecule has 1 aliphatic rings. The van der Waals surface area contributed by atoms with Gasteiger partial charge in [-0.05, 0) is 50.1 Å². The Morgan fingerprint density at radius 1 is 1.06 bits per heavy atom. The predicted octanol–water partition coefficient (Wildman–Crippen LogP) is 3.37. The molecule has 5 rings (SSSR count). The first-order valence-electron chi connectivity index (χ1n) is 11.5. The van der Waals surface area contributed by atoms with Crippen LogP contribution in [0.15, 0.2) is 56.5 Å². The number of aryl methyl sites for hydroxylation is 1. The van der Waals surface area contributed by atoms with Crippen molar-refractivity contribution >= 4 is 10.9 Å². The third-order valence-electron chi connectivity index (χ3n) is 6.37. The first kappa shape index (κ1) is 22.9. The molecule has 0 amide bonds. The Labute approximate surface area is 201 Å². The fourth-order valence-electron chi connectivity index (χ4n) is 4.49. The molecule has 2 aromatic carbocycles. The molecule has 1 fully saturated rings. The average molecular weight is 478 g/mol. The summed E-state index contributed by atoms with van der Waals surface area (Å²) in [5.74, 6) is 2.16. The lowest BCUT2D eigenvalue weighted by atomic mass is 10.2. The van der Waals surface area contributed by atoms with Crippen LogP contribution in [0.1, 0.15) is 24.3 Å². The third kappa shape index (κ3) is 4.23. The van der Waals surface area contributed by atoms with Crippen LogP contribution in [0.25, 0.3) is 22.4 Å². The van der Waals surface area contributed by atoms with Crippen LogP contribution >= 0.6 is 0 Å². The van der Waals surface area contributed by atoms with Gasteiger partial charge < -0.3 is 18.6 Å². The second-order valence-corrected chi connectivity index (χ2v) is 8.53. The smallest absolute Gasteiger partial charge is 0.331 e. The van der Waals surface area contributed by atoms with Gasteiger partial charge >= 0.3 is 5.69 Å². The molecule has 2 aromatic heterocycles. The van der Waals surface area contributed by atoms with Crippen molar-refractivity contribution in [1.29, 1.82) is 0 Å². The zero-order chi connectivity index (χ0) is 24.5. The van der Waals surface area contributed by atoms with Crippen LogP contribution in [-0.4, -0.2) is 41.0 Å². The van der Waals surface area contributed by atoms with Crippen LogP contribution in [-0.2, 0) is 17.8 Å². The number of ether oxygens (including phenoxy) is 3. The molecule has 1 aliphatic heterocycles. The highest BCUT2D eigenvalue weighted by molar-refractivity contribution is 5.78. The molecule has 182 valence electrons. The van der Waals surface area contributed by atoms with E-state index >= 15 is 0 Å². The summed E-state index contributed by atoms with van der Waals surface area (Å²) in [6.45, 7) is 2.85. The standard InChI is InChI=1S/C26H27N3O6/c1-16-20(27-24(35-16)17-10-11-22(32-2)23(13-17)33-3)15-28-21-9-5-4-8-19(21)25(30)29(26(28)31)14-18-7-6-12-34-18/h4-5,8-11,13,18H,6-7,12,14-15H2,1-3H3/t18-/m1/s1. The van der Waals surface area contributed by atoms with Crippen LogP contribution in [0.3, 0.4) is 0 Å². The van der Waals surface area contributed by atoms with Crippen molar-refractivity contribution in [2.24, 2.45) is 0 Å². The number of benzene rings is 2. The molecule has 9 nitrogen and oxygen atoms in total. The number of hydrogen-bond donors (Lipinski definition) is 0. The summed E-state index contributed by atoms with van der Waals surface area (Å²) < 4.78 is 25.2. The Morgan fingerprint density at radius 3 is 2.60 bits per heavy atom. The van der Waals surface area contributed by atoms with Gasteiger partial charge in [0.05, 0.1) is 44.3 Å². The summed E-state index contributed by atoms with van der Waals surface area (Å²) in [5.41, 5.74) is 1.18. The van der Waals surface area contributed by atoms with Gasteiger partial charge in [0.25, 0.3) is 5.56 Å². The first-order chi connectivity index (χ1) is 17.0. The molecule has 0 radical (unpaired) electrons. The van der Waals surface area contributed by atoms with Crippen LogP contribution in [0, 0.1) is 6.92 Å². The Bertz CT molecular complexity index is 1490. The molecule has 9 heteroatoms. The zero-order valence-corrected chi connectivity index (χ0v) is 19.9. The van der Waals surface area contributed by atoms with E-state index in [-0.39, 0.29) is 30.4 Å².